The van der Waals surface area contributed by atoms with Crippen LogP contribution in [0.15, 0.2) is 42.5 Å². The predicted molar refractivity (Wildman–Crippen MR) is 96.9 cm³/mol. The smallest absolute Gasteiger partial charge is 0.265 e. The van der Waals surface area contributed by atoms with Gasteiger partial charge in [0, 0.05) is 5.69 Å². The van der Waals surface area contributed by atoms with Crippen molar-refractivity contribution in [3.05, 3.63) is 53.6 Å². The highest BCUT2D eigenvalue weighted by atomic mass is 16.5. The van der Waals surface area contributed by atoms with Gasteiger partial charge in [-0.25, -0.2) is 0 Å². The first kappa shape index (κ1) is 17.9. The molecule has 24 heavy (non-hydrogen) atoms. The van der Waals surface area contributed by atoms with Crippen LogP contribution in [-0.4, -0.2) is 19.1 Å². The van der Waals surface area contributed by atoms with Crippen LogP contribution in [0.3, 0.4) is 0 Å². The number of carbonyl (C=O) groups is 1. The molecule has 1 amide bonds. The van der Waals surface area contributed by atoms with Crippen LogP contribution in [0.4, 0.5) is 5.69 Å². The summed E-state index contributed by atoms with van der Waals surface area (Å²) in [5, 5.41) is 3.03. The molecule has 0 bridgehead atoms. The predicted octanol–water partition coefficient (Wildman–Crippen LogP) is 4.36. The Morgan fingerprint density at radius 1 is 1.08 bits per heavy atom. The average molecular weight is 327 g/mol. The molecule has 4 heteroatoms. The molecule has 2 rings (SSSR count). The number of anilines is 1. The fourth-order valence-electron chi connectivity index (χ4n) is 2.55. The number of hydrogen-bond donors (Lipinski definition) is 1. The van der Waals surface area contributed by atoms with Crippen LogP contribution in [-0.2, 0) is 11.2 Å². The Labute approximate surface area is 143 Å². The Kier molecular flexibility index (Phi) is 6.24. The summed E-state index contributed by atoms with van der Waals surface area (Å²) in [6, 6.07) is 13.3. The van der Waals surface area contributed by atoms with Gasteiger partial charge in [0.05, 0.1) is 7.11 Å². The largest absolute Gasteiger partial charge is 0.497 e. The summed E-state index contributed by atoms with van der Waals surface area (Å²) in [6.45, 7) is 6.02. The number of nitrogens with one attached hydrogen (secondary N) is 1. The first-order valence-electron chi connectivity index (χ1n) is 8.29. The molecule has 4 nitrogen and oxygen atoms in total. The molecule has 1 atom stereocenters. The van der Waals surface area contributed by atoms with Crippen LogP contribution in [0.1, 0.15) is 31.4 Å². The maximum absolute atomic E-state index is 12.6. The van der Waals surface area contributed by atoms with Gasteiger partial charge in [-0.3, -0.25) is 4.79 Å². The molecular weight excluding hydrogens is 302 g/mol. The highest BCUT2D eigenvalue weighted by Gasteiger charge is 2.20. The molecule has 0 fully saturated rings. The van der Waals surface area contributed by atoms with E-state index in [4.69, 9.17) is 9.47 Å². The van der Waals surface area contributed by atoms with Crippen molar-refractivity contribution in [3.8, 4) is 11.5 Å². The van der Waals surface area contributed by atoms with Crippen LogP contribution in [0.2, 0.25) is 0 Å². The summed E-state index contributed by atoms with van der Waals surface area (Å²) in [6.07, 6.45) is 0.918. The number of hydrogen-bond acceptors (Lipinski definition) is 3. The normalized spacial score (nSPS) is 11.7. The number of amides is 1. The molecule has 2 aromatic carbocycles. The number of aryl methyl sites for hydroxylation is 2. The molecule has 0 radical (unpaired) electrons. The van der Waals surface area contributed by atoms with E-state index in [1.165, 1.54) is 0 Å². The third-order valence-corrected chi connectivity index (χ3v) is 3.99. The van der Waals surface area contributed by atoms with Gasteiger partial charge in [-0.15, -0.1) is 0 Å². The number of methoxy groups -OCH3 is 1. The Morgan fingerprint density at radius 3 is 2.33 bits per heavy atom. The first-order chi connectivity index (χ1) is 11.6. The van der Waals surface area contributed by atoms with Gasteiger partial charge in [0.2, 0.25) is 0 Å². The second kappa shape index (κ2) is 8.39. The Morgan fingerprint density at radius 2 is 1.75 bits per heavy atom. The van der Waals surface area contributed by atoms with E-state index in [1.54, 1.807) is 19.2 Å². The van der Waals surface area contributed by atoms with Crippen LogP contribution in [0.25, 0.3) is 0 Å². The summed E-state index contributed by atoms with van der Waals surface area (Å²) >= 11 is 0. The van der Waals surface area contributed by atoms with Gasteiger partial charge >= 0.3 is 0 Å². The number of ether oxygens (including phenoxy) is 2. The maximum Gasteiger partial charge on any atom is 0.265 e. The molecule has 0 aliphatic rings. The molecule has 2 aromatic rings. The molecule has 0 saturated carbocycles. The van der Waals surface area contributed by atoms with Crippen molar-refractivity contribution >= 4 is 11.6 Å². The number of para-hydroxylation sites is 1. The van der Waals surface area contributed by atoms with E-state index in [9.17, 15) is 4.79 Å². The minimum atomic E-state index is -0.539. The number of benzene rings is 2. The van der Waals surface area contributed by atoms with Gasteiger partial charge in [0.1, 0.15) is 11.5 Å². The van der Waals surface area contributed by atoms with Crippen LogP contribution in [0.5, 0.6) is 11.5 Å². The van der Waals surface area contributed by atoms with Crippen molar-refractivity contribution in [1.29, 1.82) is 0 Å². The molecule has 0 aromatic heterocycles. The van der Waals surface area contributed by atoms with Crippen molar-refractivity contribution < 1.29 is 14.3 Å². The van der Waals surface area contributed by atoms with E-state index in [0.29, 0.717) is 12.2 Å². The van der Waals surface area contributed by atoms with Crippen molar-refractivity contribution in [1.82, 2.24) is 0 Å². The van der Waals surface area contributed by atoms with Gasteiger partial charge in [-0.05, 0) is 55.2 Å². The molecular formula is C20H25NO3. The van der Waals surface area contributed by atoms with E-state index < -0.39 is 6.10 Å². The molecule has 1 unspecified atom stereocenters. The zero-order chi connectivity index (χ0) is 17.5. The summed E-state index contributed by atoms with van der Waals surface area (Å²) in [5.41, 5.74) is 3.08. The average Bonchev–Trinajstić information content (AvgIpc) is 2.61. The lowest BCUT2D eigenvalue weighted by atomic mass is 10.1. The van der Waals surface area contributed by atoms with E-state index in [2.05, 4.69) is 12.2 Å². The summed E-state index contributed by atoms with van der Waals surface area (Å²) < 4.78 is 11.0. The van der Waals surface area contributed by atoms with Crippen molar-refractivity contribution in [2.75, 3.05) is 12.4 Å². The molecule has 1 N–H and O–H groups in total. The summed E-state index contributed by atoms with van der Waals surface area (Å²) in [4.78, 5) is 12.6. The Balaban J connectivity index is 2.11. The first-order valence-corrected chi connectivity index (χ1v) is 8.29. The molecule has 0 aliphatic heterocycles. The maximum atomic E-state index is 12.6. The van der Waals surface area contributed by atoms with Crippen LogP contribution < -0.4 is 14.8 Å². The lowest BCUT2D eigenvalue weighted by molar-refractivity contribution is -0.122. The van der Waals surface area contributed by atoms with Crippen molar-refractivity contribution in [2.24, 2.45) is 0 Å². The van der Waals surface area contributed by atoms with Crippen LogP contribution in [0, 0.1) is 6.92 Å². The summed E-state index contributed by atoms with van der Waals surface area (Å²) in [7, 11) is 1.62. The van der Waals surface area contributed by atoms with Gasteiger partial charge in [0.15, 0.2) is 6.10 Å². The monoisotopic (exact) mass is 327 g/mol. The fourth-order valence-corrected chi connectivity index (χ4v) is 2.55. The Bertz CT molecular complexity index is 680. The topological polar surface area (TPSA) is 47.6 Å². The Hall–Kier alpha value is -2.49. The highest BCUT2D eigenvalue weighted by molar-refractivity contribution is 5.95. The van der Waals surface area contributed by atoms with E-state index in [1.807, 2.05) is 44.2 Å². The van der Waals surface area contributed by atoms with Gasteiger partial charge < -0.3 is 14.8 Å². The minimum absolute atomic E-state index is 0.127. The zero-order valence-corrected chi connectivity index (χ0v) is 14.8. The highest BCUT2D eigenvalue weighted by Crippen LogP contribution is 2.23. The second-order valence-corrected chi connectivity index (χ2v) is 5.64. The van der Waals surface area contributed by atoms with E-state index in [0.717, 1.165) is 29.0 Å². The van der Waals surface area contributed by atoms with E-state index in [-0.39, 0.29) is 5.91 Å². The fraction of sp³-hybridized carbons (Fsp3) is 0.350. The second-order valence-electron chi connectivity index (χ2n) is 5.64. The molecule has 128 valence electrons. The summed E-state index contributed by atoms with van der Waals surface area (Å²) in [5.74, 6) is 1.28. The third-order valence-electron chi connectivity index (χ3n) is 3.99. The van der Waals surface area contributed by atoms with Gasteiger partial charge in [-0.2, -0.15) is 0 Å². The van der Waals surface area contributed by atoms with Gasteiger partial charge in [-0.1, -0.05) is 32.0 Å². The minimum Gasteiger partial charge on any atom is -0.497 e. The van der Waals surface area contributed by atoms with Gasteiger partial charge in [0.25, 0.3) is 5.91 Å². The van der Waals surface area contributed by atoms with Crippen molar-refractivity contribution in [3.63, 3.8) is 0 Å². The lowest BCUT2D eigenvalue weighted by Gasteiger charge is -2.19. The SMILES string of the molecule is CCc1cccc(C)c1NC(=O)C(CC)Oc1ccc(OC)cc1. The molecule has 0 spiro atoms. The standard InChI is InChI=1S/C20H25NO3/c1-5-15-9-7-8-14(3)19(15)21-20(22)18(6-2)24-17-12-10-16(23-4)11-13-17/h7-13,18H,5-6H2,1-4H3,(H,21,22). The molecule has 0 saturated heterocycles. The number of rotatable bonds is 7. The van der Waals surface area contributed by atoms with E-state index >= 15 is 0 Å². The van der Waals surface area contributed by atoms with Crippen molar-refractivity contribution in [2.45, 2.75) is 39.7 Å². The third kappa shape index (κ3) is 4.28. The molecule has 0 heterocycles. The lowest BCUT2D eigenvalue weighted by Crippen LogP contribution is -2.33. The number of carbonyl (C=O) groups excluding carboxylic acids is 1. The zero-order valence-electron chi connectivity index (χ0n) is 14.8. The molecule has 0 aliphatic carbocycles. The van der Waals surface area contributed by atoms with Crippen LogP contribution >= 0.6 is 0 Å². The quantitative estimate of drug-likeness (QED) is 0.822.